The van der Waals surface area contributed by atoms with Gasteiger partial charge in [0.05, 0.1) is 6.54 Å². The number of likely N-dealkylation sites (tertiary alicyclic amines) is 2. The fraction of sp³-hybridized carbons (Fsp3) is 0.680. The van der Waals surface area contributed by atoms with Crippen LogP contribution in [-0.4, -0.2) is 67.0 Å². The Morgan fingerprint density at radius 3 is 2.65 bits per heavy atom. The zero-order valence-electron chi connectivity index (χ0n) is 19.5. The van der Waals surface area contributed by atoms with E-state index in [0.717, 1.165) is 68.7 Å². The van der Waals surface area contributed by atoms with Gasteiger partial charge in [0.1, 0.15) is 0 Å². The van der Waals surface area contributed by atoms with Crippen LogP contribution in [0.2, 0.25) is 0 Å². The number of nitrogens with one attached hydrogen (secondary N) is 2. The number of guanidine groups is 1. The predicted molar refractivity (Wildman–Crippen MR) is 129 cm³/mol. The van der Waals surface area contributed by atoms with Crippen LogP contribution in [-0.2, 0) is 6.54 Å². The summed E-state index contributed by atoms with van der Waals surface area (Å²) in [6, 6.07) is 8.69. The summed E-state index contributed by atoms with van der Waals surface area (Å²) >= 11 is 0. The molecule has 0 spiro atoms. The van der Waals surface area contributed by atoms with Gasteiger partial charge in [-0.2, -0.15) is 0 Å². The van der Waals surface area contributed by atoms with Crippen LogP contribution in [0.5, 0.6) is 0 Å². The molecule has 0 aromatic heterocycles. The van der Waals surface area contributed by atoms with Gasteiger partial charge in [0.15, 0.2) is 5.96 Å². The number of amides is 1. The van der Waals surface area contributed by atoms with E-state index in [1.165, 1.54) is 38.6 Å². The molecule has 1 aromatic rings. The first-order valence-electron chi connectivity index (χ1n) is 12.4. The third-order valence-electron chi connectivity index (χ3n) is 6.49. The van der Waals surface area contributed by atoms with E-state index in [9.17, 15) is 4.79 Å². The van der Waals surface area contributed by atoms with Gasteiger partial charge in [-0.05, 0) is 69.7 Å². The Labute approximate surface area is 188 Å². The van der Waals surface area contributed by atoms with Crippen LogP contribution >= 0.6 is 0 Å². The number of carbonyl (C=O) groups excluding carboxylic acids is 1. The third-order valence-corrected chi connectivity index (χ3v) is 6.49. The lowest BCUT2D eigenvalue weighted by molar-refractivity contribution is 0.0724. The summed E-state index contributed by atoms with van der Waals surface area (Å²) in [7, 11) is 0. The Bertz CT molecular complexity index is 714. The molecule has 2 aliphatic rings. The molecule has 0 aliphatic carbocycles. The van der Waals surface area contributed by atoms with E-state index < -0.39 is 0 Å². The Morgan fingerprint density at radius 2 is 1.87 bits per heavy atom. The van der Waals surface area contributed by atoms with Crippen molar-refractivity contribution in [2.75, 3.05) is 39.3 Å². The highest BCUT2D eigenvalue weighted by Gasteiger charge is 2.20. The SMILES string of the molecule is CCNC(=NCc1cccc(C(=O)N2CCCCC2)c1)NCCN1CCCCC1CC. The van der Waals surface area contributed by atoms with Crippen molar-refractivity contribution in [2.24, 2.45) is 4.99 Å². The second-order valence-corrected chi connectivity index (χ2v) is 8.77. The van der Waals surface area contributed by atoms with Gasteiger partial charge in [-0.15, -0.1) is 0 Å². The van der Waals surface area contributed by atoms with Crippen molar-refractivity contribution >= 4 is 11.9 Å². The van der Waals surface area contributed by atoms with Gasteiger partial charge in [-0.3, -0.25) is 9.69 Å². The number of nitrogens with zero attached hydrogens (tertiary/aromatic N) is 3. The van der Waals surface area contributed by atoms with E-state index in [4.69, 9.17) is 4.99 Å². The number of piperidine rings is 2. The second-order valence-electron chi connectivity index (χ2n) is 8.77. The standard InChI is InChI=1S/C25H41N5O/c1-3-23-13-6-9-15-29(23)18-14-27-25(26-4-2)28-20-21-11-10-12-22(19-21)24(31)30-16-7-5-8-17-30/h10-12,19,23H,3-9,13-18,20H2,1-2H3,(H2,26,27,28). The topological polar surface area (TPSA) is 60.0 Å². The van der Waals surface area contributed by atoms with E-state index in [1.807, 2.05) is 23.1 Å². The minimum absolute atomic E-state index is 0.155. The van der Waals surface area contributed by atoms with Gasteiger partial charge in [-0.1, -0.05) is 25.5 Å². The van der Waals surface area contributed by atoms with Gasteiger partial charge in [0.25, 0.3) is 5.91 Å². The quantitative estimate of drug-likeness (QED) is 0.491. The molecule has 2 N–H and O–H groups in total. The maximum Gasteiger partial charge on any atom is 0.253 e. The molecule has 0 bridgehead atoms. The summed E-state index contributed by atoms with van der Waals surface area (Å²) < 4.78 is 0. The molecule has 1 unspecified atom stereocenters. The van der Waals surface area contributed by atoms with Crippen molar-refractivity contribution in [1.29, 1.82) is 0 Å². The number of aliphatic imine (C=N–C) groups is 1. The van der Waals surface area contributed by atoms with Crippen LogP contribution in [0.4, 0.5) is 0 Å². The summed E-state index contributed by atoms with van der Waals surface area (Å²) in [5, 5.41) is 6.84. The molecule has 2 fully saturated rings. The molecule has 6 heteroatoms. The Kier molecular flexibility index (Phi) is 9.66. The summed E-state index contributed by atoms with van der Waals surface area (Å²) in [6.07, 6.45) is 8.71. The van der Waals surface area contributed by atoms with Crippen LogP contribution in [0.1, 0.15) is 74.7 Å². The van der Waals surface area contributed by atoms with E-state index >= 15 is 0 Å². The first-order chi connectivity index (χ1) is 15.2. The van der Waals surface area contributed by atoms with Crippen LogP contribution in [0.3, 0.4) is 0 Å². The lowest BCUT2D eigenvalue weighted by Crippen LogP contribution is -2.45. The molecule has 172 valence electrons. The zero-order chi connectivity index (χ0) is 21.9. The lowest BCUT2D eigenvalue weighted by Gasteiger charge is -2.35. The monoisotopic (exact) mass is 427 g/mol. The minimum atomic E-state index is 0.155. The largest absolute Gasteiger partial charge is 0.357 e. The van der Waals surface area contributed by atoms with E-state index in [2.05, 4.69) is 35.4 Å². The van der Waals surface area contributed by atoms with Crippen LogP contribution in [0, 0.1) is 0 Å². The minimum Gasteiger partial charge on any atom is -0.357 e. The highest BCUT2D eigenvalue weighted by molar-refractivity contribution is 5.94. The van der Waals surface area contributed by atoms with E-state index in [-0.39, 0.29) is 5.91 Å². The number of hydrogen-bond donors (Lipinski definition) is 2. The normalized spacial score (nSPS) is 20.5. The summed E-state index contributed by atoms with van der Waals surface area (Å²) in [5.74, 6) is 1.00. The second kappa shape index (κ2) is 12.7. The molecule has 31 heavy (non-hydrogen) atoms. The van der Waals surface area contributed by atoms with Gasteiger partial charge < -0.3 is 15.5 Å². The molecular weight excluding hydrogens is 386 g/mol. The van der Waals surface area contributed by atoms with Crippen LogP contribution in [0.25, 0.3) is 0 Å². The predicted octanol–water partition coefficient (Wildman–Crippen LogP) is 3.63. The maximum atomic E-state index is 12.8. The van der Waals surface area contributed by atoms with Gasteiger partial charge in [-0.25, -0.2) is 4.99 Å². The lowest BCUT2D eigenvalue weighted by atomic mass is 10.0. The highest BCUT2D eigenvalue weighted by Crippen LogP contribution is 2.18. The zero-order valence-corrected chi connectivity index (χ0v) is 19.5. The molecule has 0 radical (unpaired) electrons. The fourth-order valence-corrected chi connectivity index (χ4v) is 4.73. The van der Waals surface area contributed by atoms with Crippen LogP contribution < -0.4 is 10.6 Å². The molecule has 6 nitrogen and oxygen atoms in total. The average molecular weight is 428 g/mol. The molecule has 3 rings (SSSR count). The van der Waals surface area contributed by atoms with Gasteiger partial charge in [0.2, 0.25) is 0 Å². The molecule has 1 aromatic carbocycles. The first kappa shape index (κ1) is 23.6. The first-order valence-corrected chi connectivity index (χ1v) is 12.4. The van der Waals surface area contributed by atoms with Crippen molar-refractivity contribution in [3.05, 3.63) is 35.4 Å². The van der Waals surface area contributed by atoms with Crippen molar-refractivity contribution in [3.63, 3.8) is 0 Å². The smallest absolute Gasteiger partial charge is 0.253 e. The average Bonchev–Trinajstić information content (AvgIpc) is 2.83. The maximum absolute atomic E-state index is 12.8. The van der Waals surface area contributed by atoms with Crippen LogP contribution in [0.15, 0.2) is 29.3 Å². The Balaban J connectivity index is 1.54. The van der Waals surface area contributed by atoms with Crippen molar-refractivity contribution in [3.8, 4) is 0 Å². The number of carbonyl (C=O) groups is 1. The molecule has 1 amide bonds. The Morgan fingerprint density at radius 1 is 1.06 bits per heavy atom. The number of benzene rings is 1. The molecule has 2 aliphatic heterocycles. The van der Waals surface area contributed by atoms with E-state index in [0.29, 0.717) is 6.54 Å². The molecule has 2 heterocycles. The number of hydrogen-bond acceptors (Lipinski definition) is 3. The summed E-state index contributed by atoms with van der Waals surface area (Å²) in [6.45, 7) is 10.7. The highest BCUT2D eigenvalue weighted by atomic mass is 16.2. The fourth-order valence-electron chi connectivity index (χ4n) is 4.73. The van der Waals surface area contributed by atoms with Gasteiger partial charge in [0, 0.05) is 44.3 Å². The van der Waals surface area contributed by atoms with Crippen molar-refractivity contribution in [1.82, 2.24) is 20.4 Å². The molecule has 2 saturated heterocycles. The van der Waals surface area contributed by atoms with Crippen molar-refractivity contribution < 1.29 is 4.79 Å². The summed E-state index contributed by atoms with van der Waals surface area (Å²) in [4.78, 5) is 22.2. The van der Waals surface area contributed by atoms with Gasteiger partial charge >= 0.3 is 0 Å². The molecular formula is C25H41N5O. The van der Waals surface area contributed by atoms with E-state index in [1.54, 1.807) is 0 Å². The number of rotatable bonds is 8. The third kappa shape index (κ3) is 7.23. The summed E-state index contributed by atoms with van der Waals surface area (Å²) in [5.41, 5.74) is 1.85. The van der Waals surface area contributed by atoms with Crippen molar-refractivity contribution in [2.45, 2.75) is 71.4 Å². The molecule has 0 saturated carbocycles. The molecule has 1 atom stereocenters. The Hall–Kier alpha value is -2.08.